The number of ether oxygens (including phenoxy) is 1. The molecule has 0 fully saturated rings. The van der Waals surface area contributed by atoms with Crippen LogP contribution in [0.15, 0.2) is 35.6 Å². The van der Waals surface area contributed by atoms with Crippen LogP contribution in [0, 0.1) is 0 Å². The Morgan fingerprint density at radius 3 is 2.68 bits per heavy atom. The summed E-state index contributed by atoms with van der Waals surface area (Å²) in [6.45, 7) is 7.27. The molecule has 8 nitrogen and oxygen atoms in total. The fourth-order valence-electron chi connectivity index (χ4n) is 3.12. The fraction of sp³-hybridized carbons (Fsp3) is 0.455. The lowest BCUT2D eigenvalue weighted by Gasteiger charge is -2.12. The Balaban J connectivity index is 1.58. The second-order valence-electron chi connectivity index (χ2n) is 7.39. The zero-order valence-electron chi connectivity index (χ0n) is 18.5. The number of aromatic nitrogens is 4. The maximum Gasteiger partial charge on any atom is 0.220 e. The molecule has 0 aliphatic heterocycles. The van der Waals surface area contributed by atoms with E-state index in [2.05, 4.69) is 46.5 Å². The highest BCUT2D eigenvalue weighted by molar-refractivity contribution is 7.99. The monoisotopic (exact) mass is 442 g/mol. The number of anilines is 1. The van der Waals surface area contributed by atoms with Gasteiger partial charge in [0.1, 0.15) is 11.6 Å². The molecule has 0 saturated carbocycles. The van der Waals surface area contributed by atoms with Gasteiger partial charge in [0.25, 0.3) is 0 Å². The van der Waals surface area contributed by atoms with Crippen LogP contribution in [0.4, 0.5) is 5.82 Å². The Hall–Kier alpha value is -2.81. The van der Waals surface area contributed by atoms with Crippen LogP contribution in [0.5, 0.6) is 5.75 Å². The van der Waals surface area contributed by atoms with Gasteiger partial charge >= 0.3 is 0 Å². The number of amides is 1. The van der Waals surface area contributed by atoms with Crippen molar-refractivity contribution < 1.29 is 9.53 Å². The van der Waals surface area contributed by atoms with Crippen molar-refractivity contribution in [1.29, 1.82) is 0 Å². The van der Waals surface area contributed by atoms with E-state index >= 15 is 0 Å². The number of benzene rings is 1. The van der Waals surface area contributed by atoms with Crippen LogP contribution in [0.25, 0.3) is 11.0 Å². The predicted octanol–water partition coefficient (Wildman–Crippen LogP) is 3.52. The molecular weight excluding hydrogens is 412 g/mol. The van der Waals surface area contributed by atoms with Crippen LogP contribution in [-0.4, -0.2) is 51.1 Å². The van der Waals surface area contributed by atoms with Gasteiger partial charge in [0.15, 0.2) is 10.8 Å². The minimum Gasteiger partial charge on any atom is -0.497 e. The van der Waals surface area contributed by atoms with Gasteiger partial charge < -0.3 is 15.4 Å². The molecule has 1 amide bonds. The smallest absolute Gasteiger partial charge is 0.220 e. The molecule has 2 N–H and O–H groups in total. The number of carbonyl (C=O) groups excluding carboxylic acids is 1. The average molecular weight is 443 g/mol. The van der Waals surface area contributed by atoms with Crippen molar-refractivity contribution in [2.75, 3.05) is 24.7 Å². The summed E-state index contributed by atoms with van der Waals surface area (Å²) in [5.41, 5.74) is 1.89. The maximum atomic E-state index is 12.2. The topological polar surface area (TPSA) is 94.0 Å². The number of nitrogens with one attached hydrogen (secondary N) is 2. The van der Waals surface area contributed by atoms with Crippen LogP contribution in [0.2, 0.25) is 0 Å². The lowest BCUT2D eigenvalue weighted by Crippen LogP contribution is -2.27. The van der Waals surface area contributed by atoms with Gasteiger partial charge in [-0.25, -0.2) is 14.6 Å². The number of fused-ring (bicyclic) bond motifs is 1. The van der Waals surface area contributed by atoms with E-state index in [1.165, 1.54) is 0 Å². The van der Waals surface area contributed by atoms with Crippen LogP contribution < -0.4 is 15.4 Å². The Morgan fingerprint density at radius 1 is 1.23 bits per heavy atom. The van der Waals surface area contributed by atoms with Crippen molar-refractivity contribution >= 4 is 34.5 Å². The minimum absolute atomic E-state index is 0.0197. The minimum atomic E-state index is 0.0197. The molecule has 2 aromatic heterocycles. The van der Waals surface area contributed by atoms with Gasteiger partial charge in [-0.3, -0.25) is 4.79 Å². The Bertz CT molecular complexity index is 1000. The van der Waals surface area contributed by atoms with Crippen molar-refractivity contribution in [2.24, 2.45) is 0 Å². The summed E-state index contributed by atoms with van der Waals surface area (Å²) in [5.74, 6) is 2.53. The fourth-order valence-corrected chi connectivity index (χ4v) is 3.68. The molecule has 3 aromatic rings. The molecule has 0 aliphatic rings. The van der Waals surface area contributed by atoms with Crippen LogP contribution >= 0.6 is 11.8 Å². The third-order valence-corrected chi connectivity index (χ3v) is 5.35. The highest BCUT2D eigenvalue weighted by Gasteiger charge is 2.14. The number of rotatable bonds is 11. The van der Waals surface area contributed by atoms with E-state index in [-0.39, 0.29) is 11.9 Å². The van der Waals surface area contributed by atoms with Gasteiger partial charge in [-0.15, -0.1) is 0 Å². The molecule has 3 rings (SSSR count). The molecule has 0 saturated heterocycles. The van der Waals surface area contributed by atoms with E-state index < -0.39 is 0 Å². The highest BCUT2D eigenvalue weighted by atomic mass is 32.2. The standard InChI is InChI=1S/C22H30N6O2S/c1-5-31-22-26-20(25-15(2)3)18-14-24-28(21(18)27-22)13-12-23-19(29)11-8-16-6-9-17(30-4)10-7-16/h6-7,9-10,14-15H,5,8,11-13H2,1-4H3,(H,23,29)(H,25,26,27). The van der Waals surface area contributed by atoms with E-state index in [1.54, 1.807) is 25.1 Å². The van der Waals surface area contributed by atoms with E-state index in [9.17, 15) is 4.79 Å². The molecule has 0 atom stereocenters. The molecule has 9 heteroatoms. The van der Waals surface area contributed by atoms with Crippen molar-refractivity contribution in [3.63, 3.8) is 0 Å². The molecule has 31 heavy (non-hydrogen) atoms. The third kappa shape index (κ3) is 6.33. The SMILES string of the molecule is CCSc1nc(NC(C)C)c2cnn(CCNC(=O)CCc3ccc(OC)cc3)c2n1. The largest absolute Gasteiger partial charge is 0.497 e. The zero-order valence-corrected chi connectivity index (χ0v) is 19.3. The summed E-state index contributed by atoms with van der Waals surface area (Å²) in [6, 6.07) is 8.04. The number of thioether (sulfide) groups is 1. The first-order valence-electron chi connectivity index (χ1n) is 10.5. The predicted molar refractivity (Wildman–Crippen MR) is 125 cm³/mol. The normalized spacial score (nSPS) is 11.1. The van der Waals surface area contributed by atoms with E-state index in [0.717, 1.165) is 39.1 Å². The van der Waals surface area contributed by atoms with Crippen LogP contribution in [-0.2, 0) is 17.8 Å². The second-order valence-corrected chi connectivity index (χ2v) is 8.62. The van der Waals surface area contributed by atoms with Gasteiger partial charge in [0, 0.05) is 19.0 Å². The number of methoxy groups -OCH3 is 1. The highest BCUT2D eigenvalue weighted by Crippen LogP contribution is 2.24. The Kier molecular flexibility index (Phi) is 8.11. The zero-order chi connectivity index (χ0) is 22.2. The molecule has 0 radical (unpaired) electrons. The number of hydrogen-bond acceptors (Lipinski definition) is 7. The summed E-state index contributed by atoms with van der Waals surface area (Å²) in [5, 5.41) is 12.4. The number of aryl methyl sites for hydroxylation is 1. The number of nitrogens with zero attached hydrogens (tertiary/aromatic N) is 4. The van der Waals surface area contributed by atoms with Crippen LogP contribution in [0.3, 0.4) is 0 Å². The van der Waals surface area contributed by atoms with Gasteiger partial charge in [-0.2, -0.15) is 5.10 Å². The summed E-state index contributed by atoms with van der Waals surface area (Å²) in [7, 11) is 1.64. The van der Waals surface area contributed by atoms with Gasteiger partial charge in [-0.1, -0.05) is 30.8 Å². The van der Waals surface area contributed by atoms with Crippen molar-refractivity contribution in [3.8, 4) is 5.75 Å². The first kappa shape index (κ1) is 22.9. The summed E-state index contributed by atoms with van der Waals surface area (Å²) in [6.07, 6.45) is 2.91. The molecule has 166 valence electrons. The third-order valence-electron chi connectivity index (χ3n) is 4.62. The molecule has 0 unspecified atom stereocenters. The summed E-state index contributed by atoms with van der Waals surface area (Å²) in [4.78, 5) is 21.5. The van der Waals surface area contributed by atoms with Crippen molar-refractivity contribution in [3.05, 3.63) is 36.0 Å². The average Bonchev–Trinajstić information content (AvgIpc) is 3.16. The summed E-state index contributed by atoms with van der Waals surface area (Å²) < 4.78 is 6.98. The molecule has 2 heterocycles. The maximum absolute atomic E-state index is 12.2. The van der Waals surface area contributed by atoms with Gasteiger partial charge in [-0.05, 0) is 43.7 Å². The van der Waals surface area contributed by atoms with E-state index in [0.29, 0.717) is 25.9 Å². The quantitative estimate of drug-likeness (QED) is 0.347. The second kappa shape index (κ2) is 11.0. The molecule has 1 aromatic carbocycles. The number of hydrogen-bond donors (Lipinski definition) is 2. The molecular formula is C22H30N6O2S. The van der Waals surface area contributed by atoms with Crippen molar-refractivity contribution in [1.82, 2.24) is 25.1 Å². The Labute approximate surface area is 187 Å². The van der Waals surface area contributed by atoms with Crippen LogP contribution in [0.1, 0.15) is 32.8 Å². The molecule has 0 spiro atoms. The number of carbonyl (C=O) groups is 1. The molecule has 0 aliphatic carbocycles. The lowest BCUT2D eigenvalue weighted by molar-refractivity contribution is -0.121. The van der Waals surface area contributed by atoms with Crippen molar-refractivity contribution in [2.45, 2.75) is 51.4 Å². The van der Waals surface area contributed by atoms with Gasteiger partial charge in [0.2, 0.25) is 5.91 Å². The van der Waals surface area contributed by atoms with E-state index in [4.69, 9.17) is 4.74 Å². The lowest BCUT2D eigenvalue weighted by atomic mass is 10.1. The first-order valence-corrected chi connectivity index (χ1v) is 11.5. The van der Waals surface area contributed by atoms with E-state index in [1.807, 2.05) is 28.9 Å². The Morgan fingerprint density at radius 2 is 2.00 bits per heavy atom. The molecule has 0 bridgehead atoms. The first-order chi connectivity index (χ1) is 15.0. The summed E-state index contributed by atoms with van der Waals surface area (Å²) >= 11 is 1.60. The van der Waals surface area contributed by atoms with Gasteiger partial charge in [0.05, 0.1) is 25.2 Å².